The van der Waals surface area contributed by atoms with Crippen LogP contribution in [0.4, 0.5) is 4.79 Å². The van der Waals surface area contributed by atoms with Gasteiger partial charge in [0.2, 0.25) is 0 Å². The predicted octanol–water partition coefficient (Wildman–Crippen LogP) is 1.93. The maximum atomic E-state index is 11.9. The van der Waals surface area contributed by atoms with E-state index in [0.717, 1.165) is 6.42 Å². The van der Waals surface area contributed by atoms with Crippen molar-refractivity contribution < 1.29 is 14.7 Å². The molecule has 17 heavy (non-hydrogen) atoms. The van der Waals surface area contributed by atoms with E-state index < -0.39 is 17.4 Å². The van der Waals surface area contributed by atoms with Crippen LogP contribution in [0.25, 0.3) is 0 Å². The summed E-state index contributed by atoms with van der Waals surface area (Å²) in [5, 5.41) is 11.7. The Morgan fingerprint density at radius 2 is 1.82 bits per heavy atom. The van der Waals surface area contributed by atoms with E-state index in [2.05, 4.69) is 5.32 Å². The second-order valence-electron chi connectivity index (χ2n) is 5.45. The molecule has 0 saturated carbocycles. The Balaban J connectivity index is 4.69. The van der Waals surface area contributed by atoms with Gasteiger partial charge in [-0.1, -0.05) is 27.7 Å². The third kappa shape index (κ3) is 4.63. The van der Waals surface area contributed by atoms with E-state index in [0.29, 0.717) is 0 Å². The van der Waals surface area contributed by atoms with E-state index in [1.807, 2.05) is 13.8 Å². The first-order valence-electron chi connectivity index (χ1n) is 5.87. The van der Waals surface area contributed by atoms with Crippen molar-refractivity contribution >= 4 is 12.0 Å². The summed E-state index contributed by atoms with van der Waals surface area (Å²) in [5.41, 5.74) is -0.516. The monoisotopic (exact) mass is 244 g/mol. The number of carbonyl (C=O) groups is 2. The largest absolute Gasteiger partial charge is 0.480 e. The van der Waals surface area contributed by atoms with Gasteiger partial charge in [0.25, 0.3) is 0 Å². The summed E-state index contributed by atoms with van der Waals surface area (Å²) in [4.78, 5) is 24.5. The lowest BCUT2D eigenvalue weighted by atomic mass is 9.87. The number of hydrogen-bond donors (Lipinski definition) is 2. The van der Waals surface area contributed by atoms with Crippen molar-refractivity contribution in [3.05, 3.63) is 0 Å². The lowest BCUT2D eigenvalue weighted by molar-refractivity contribution is -0.142. The average molecular weight is 244 g/mol. The van der Waals surface area contributed by atoms with E-state index in [1.165, 1.54) is 4.90 Å². The minimum absolute atomic E-state index is 0.0874. The number of urea groups is 1. The topological polar surface area (TPSA) is 69.6 Å². The van der Waals surface area contributed by atoms with E-state index in [9.17, 15) is 9.59 Å². The molecule has 100 valence electrons. The molecule has 0 fully saturated rings. The highest BCUT2D eigenvalue weighted by Gasteiger charge is 2.33. The Hall–Kier alpha value is -1.26. The Morgan fingerprint density at radius 3 is 2.12 bits per heavy atom. The highest BCUT2D eigenvalue weighted by atomic mass is 16.4. The molecular formula is C12H24N2O3. The predicted molar refractivity (Wildman–Crippen MR) is 66.9 cm³/mol. The minimum atomic E-state index is -1.01. The van der Waals surface area contributed by atoms with Gasteiger partial charge in [0.05, 0.1) is 0 Å². The van der Waals surface area contributed by atoms with Crippen LogP contribution in [0.15, 0.2) is 0 Å². The Bertz CT molecular complexity index is 284. The van der Waals surface area contributed by atoms with E-state index in [4.69, 9.17) is 5.11 Å². The molecule has 0 aliphatic rings. The second kappa shape index (κ2) is 5.89. The molecule has 2 amide bonds. The third-order valence-electron chi connectivity index (χ3n) is 2.95. The van der Waals surface area contributed by atoms with Gasteiger partial charge >= 0.3 is 12.0 Å². The van der Waals surface area contributed by atoms with Gasteiger partial charge in [-0.3, -0.25) is 0 Å². The SMILES string of the molecule is CCC(C)N(C)C(=O)N[C@@H](C(=O)O)C(C)(C)C. The summed E-state index contributed by atoms with van der Waals surface area (Å²) >= 11 is 0. The molecule has 2 N–H and O–H groups in total. The average Bonchev–Trinajstić information content (AvgIpc) is 2.21. The molecule has 0 aromatic heterocycles. The second-order valence-corrected chi connectivity index (χ2v) is 5.45. The van der Waals surface area contributed by atoms with Crippen LogP contribution in [0, 0.1) is 5.41 Å². The third-order valence-corrected chi connectivity index (χ3v) is 2.95. The van der Waals surface area contributed by atoms with E-state index in [1.54, 1.807) is 27.8 Å². The number of carboxylic acids is 1. The fourth-order valence-corrected chi connectivity index (χ4v) is 1.35. The number of hydrogen-bond acceptors (Lipinski definition) is 2. The van der Waals surface area contributed by atoms with Gasteiger partial charge in [-0.25, -0.2) is 9.59 Å². The first kappa shape index (κ1) is 15.7. The molecule has 0 radical (unpaired) electrons. The number of nitrogens with one attached hydrogen (secondary N) is 1. The lowest BCUT2D eigenvalue weighted by Crippen LogP contribution is -2.53. The van der Waals surface area contributed by atoms with Crippen molar-refractivity contribution in [3.8, 4) is 0 Å². The molecule has 2 atom stereocenters. The summed E-state index contributed by atoms with van der Waals surface area (Å²) in [6.45, 7) is 9.26. The smallest absolute Gasteiger partial charge is 0.326 e. The number of rotatable bonds is 4. The van der Waals surface area contributed by atoms with Gasteiger partial charge in [-0.05, 0) is 18.8 Å². The summed E-state index contributed by atoms with van der Waals surface area (Å²) in [5.74, 6) is -1.01. The molecule has 1 unspecified atom stereocenters. The zero-order valence-electron chi connectivity index (χ0n) is 11.6. The van der Waals surface area contributed by atoms with E-state index >= 15 is 0 Å². The van der Waals surface area contributed by atoms with Crippen molar-refractivity contribution in [3.63, 3.8) is 0 Å². The van der Waals surface area contributed by atoms with Crippen LogP contribution in [0.1, 0.15) is 41.0 Å². The van der Waals surface area contributed by atoms with E-state index in [-0.39, 0.29) is 12.1 Å². The van der Waals surface area contributed by atoms with Crippen molar-refractivity contribution in [1.82, 2.24) is 10.2 Å². The summed E-state index contributed by atoms with van der Waals surface area (Å²) < 4.78 is 0. The molecule has 0 saturated heterocycles. The maximum Gasteiger partial charge on any atom is 0.326 e. The number of carbonyl (C=O) groups excluding carboxylic acids is 1. The van der Waals surface area contributed by atoms with Gasteiger partial charge in [-0.2, -0.15) is 0 Å². The number of carboxylic acid groups (broad SMARTS) is 1. The van der Waals surface area contributed by atoms with Crippen LogP contribution in [0.5, 0.6) is 0 Å². The number of aliphatic carboxylic acids is 1. The van der Waals surface area contributed by atoms with Gasteiger partial charge in [-0.15, -0.1) is 0 Å². The van der Waals surface area contributed by atoms with Crippen molar-refractivity contribution in [2.45, 2.75) is 53.1 Å². The Labute approximate surface area is 103 Å². The highest BCUT2D eigenvalue weighted by molar-refractivity contribution is 5.83. The lowest BCUT2D eigenvalue weighted by Gasteiger charge is -2.31. The van der Waals surface area contributed by atoms with Crippen molar-refractivity contribution in [2.24, 2.45) is 5.41 Å². The zero-order chi connectivity index (χ0) is 13.8. The molecule has 5 nitrogen and oxygen atoms in total. The molecule has 0 spiro atoms. The molecule has 0 aliphatic heterocycles. The van der Waals surface area contributed by atoms with Crippen LogP contribution in [-0.4, -0.2) is 41.1 Å². The van der Waals surface area contributed by atoms with Gasteiger partial charge in [0, 0.05) is 13.1 Å². The summed E-state index contributed by atoms with van der Waals surface area (Å²) in [6, 6.07) is -1.15. The molecule has 0 aromatic rings. The van der Waals surface area contributed by atoms with Crippen LogP contribution in [-0.2, 0) is 4.79 Å². The quantitative estimate of drug-likeness (QED) is 0.793. The number of nitrogens with zero attached hydrogens (tertiary/aromatic N) is 1. The fourth-order valence-electron chi connectivity index (χ4n) is 1.35. The molecule has 0 bridgehead atoms. The summed E-state index contributed by atoms with van der Waals surface area (Å²) in [7, 11) is 1.67. The van der Waals surface area contributed by atoms with Crippen LogP contribution >= 0.6 is 0 Å². The molecule has 0 aromatic carbocycles. The standard InChI is InChI=1S/C12H24N2O3/c1-7-8(2)14(6)11(17)13-9(10(15)16)12(3,4)5/h8-9H,7H2,1-6H3,(H,13,17)(H,15,16)/t8?,9-/m0/s1. The summed E-state index contributed by atoms with van der Waals surface area (Å²) in [6.07, 6.45) is 0.831. The van der Waals surface area contributed by atoms with Gasteiger partial charge < -0.3 is 15.3 Å². The van der Waals surface area contributed by atoms with Gasteiger partial charge in [0.15, 0.2) is 0 Å². The van der Waals surface area contributed by atoms with Gasteiger partial charge in [0.1, 0.15) is 6.04 Å². The first-order valence-corrected chi connectivity index (χ1v) is 5.87. The normalized spacial score (nSPS) is 14.9. The van der Waals surface area contributed by atoms with Crippen molar-refractivity contribution in [2.75, 3.05) is 7.05 Å². The highest BCUT2D eigenvalue weighted by Crippen LogP contribution is 2.19. The van der Waals surface area contributed by atoms with Crippen molar-refractivity contribution in [1.29, 1.82) is 0 Å². The maximum absolute atomic E-state index is 11.9. The molecule has 5 heteroatoms. The molecular weight excluding hydrogens is 220 g/mol. The zero-order valence-corrected chi connectivity index (χ0v) is 11.6. The molecule has 0 aliphatic carbocycles. The fraction of sp³-hybridized carbons (Fsp3) is 0.833. The van der Waals surface area contributed by atoms with Crippen LogP contribution in [0.3, 0.4) is 0 Å². The Kier molecular flexibility index (Phi) is 5.45. The molecule has 0 rings (SSSR count). The minimum Gasteiger partial charge on any atom is -0.480 e. The Morgan fingerprint density at radius 1 is 1.35 bits per heavy atom. The van der Waals surface area contributed by atoms with Crippen LogP contribution < -0.4 is 5.32 Å². The number of amides is 2. The first-order chi connectivity index (χ1) is 7.61. The van der Waals surface area contributed by atoms with Crippen LogP contribution in [0.2, 0.25) is 0 Å². The molecule has 0 heterocycles.